The van der Waals surface area contributed by atoms with Crippen LogP contribution in [0.15, 0.2) is 60.7 Å². The summed E-state index contributed by atoms with van der Waals surface area (Å²) in [5.41, 5.74) is 3.67. The number of carboxylic acid groups (broad SMARTS) is 1. The molecule has 8 heteroatoms. The van der Waals surface area contributed by atoms with Crippen LogP contribution in [0.3, 0.4) is 0 Å². The van der Waals surface area contributed by atoms with E-state index >= 15 is 0 Å². The average Bonchev–Trinajstić information content (AvgIpc) is 2.88. The zero-order chi connectivity index (χ0) is 25.2. The van der Waals surface area contributed by atoms with E-state index in [9.17, 15) is 9.59 Å². The molecule has 2 atom stereocenters. The van der Waals surface area contributed by atoms with Crippen LogP contribution in [0.5, 0.6) is 17.2 Å². The maximum Gasteiger partial charge on any atom is 0.506 e. The molecule has 5 rings (SSSR count). The summed E-state index contributed by atoms with van der Waals surface area (Å²) in [6.45, 7) is 0.321. The van der Waals surface area contributed by atoms with Crippen LogP contribution in [-0.2, 0) is 11.2 Å². The van der Waals surface area contributed by atoms with E-state index in [4.69, 9.17) is 30.9 Å². The molecular formula is C28H26ClNO6. The van der Waals surface area contributed by atoms with Crippen molar-refractivity contribution in [2.75, 3.05) is 13.7 Å². The van der Waals surface area contributed by atoms with Gasteiger partial charge in [0.15, 0.2) is 0 Å². The second-order valence-corrected chi connectivity index (χ2v) is 9.39. The summed E-state index contributed by atoms with van der Waals surface area (Å²) in [5, 5.41) is 9.28. The van der Waals surface area contributed by atoms with Crippen LogP contribution in [0.4, 0.5) is 4.79 Å². The third kappa shape index (κ3) is 4.84. The number of fused-ring (bicyclic) bond motifs is 2. The van der Waals surface area contributed by atoms with E-state index in [2.05, 4.69) is 12.1 Å². The zero-order valence-electron chi connectivity index (χ0n) is 19.8. The van der Waals surface area contributed by atoms with Crippen LogP contribution in [0.25, 0.3) is 0 Å². The Balaban J connectivity index is 1.30. The van der Waals surface area contributed by atoms with Gasteiger partial charge in [-0.2, -0.15) is 0 Å². The van der Waals surface area contributed by atoms with Gasteiger partial charge in [-0.3, -0.25) is 4.79 Å². The van der Waals surface area contributed by atoms with Gasteiger partial charge < -0.3 is 24.2 Å². The molecule has 0 aromatic heterocycles. The Morgan fingerprint density at radius 3 is 2.61 bits per heavy atom. The number of benzene rings is 3. The molecule has 186 valence electrons. The Bertz CT molecular complexity index is 1290. The number of ether oxygens (including phenoxy) is 3. The number of aryl methyl sites for hydroxylation is 1. The maximum absolute atomic E-state index is 13.2. The SMILES string of the molecule is CN(C(=O)c1ccc(Oc2cc3c(cc2Cl)C(OC(=O)O)CCO3)cc1)C1CCCc2ccccc21. The highest BCUT2D eigenvalue weighted by atomic mass is 35.5. The van der Waals surface area contributed by atoms with Gasteiger partial charge in [-0.05, 0) is 60.7 Å². The van der Waals surface area contributed by atoms with Crippen molar-refractivity contribution in [3.8, 4) is 17.2 Å². The van der Waals surface area contributed by atoms with Gasteiger partial charge in [0.2, 0.25) is 0 Å². The molecule has 0 radical (unpaired) electrons. The summed E-state index contributed by atoms with van der Waals surface area (Å²) >= 11 is 6.42. The van der Waals surface area contributed by atoms with Gasteiger partial charge in [0.25, 0.3) is 5.91 Å². The van der Waals surface area contributed by atoms with Crippen LogP contribution in [0.2, 0.25) is 5.02 Å². The molecule has 1 N–H and O–H groups in total. The molecule has 0 saturated carbocycles. The normalized spacial score (nSPS) is 18.3. The second kappa shape index (κ2) is 10.1. The van der Waals surface area contributed by atoms with Crippen molar-refractivity contribution >= 4 is 23.7 Å². The van der Waals surface area contributed by atoms with Gasteiger partial charge in [0.05, 0.1) is 17.7 Å². The summed E-state index contributed by atoms with van der Waals surface area (Å²) in [4.78, 5) is 26.0. The van der Waals surface area contributed by atoms with E-state index in [1.54, 1.807) is 36.4 Å². The fourth-order valence-corrected chi connectivity index (χ4v) is 5.16. The molecule has 0 spiro atoms. The van der Waals surface area contributed by atoms with E-state index in [1.165, 1.54) is 11.1 Å². The van der Waals surface area contributed by atoms with Crippen molar-refractivity contribution < 1.29 is 28.9 Å². The molecule has 3 aromatic rings. The van der Waals surface area contributed by atoms with Crippen LogP contribution in [0, 0.1) is 0 Å². The highest BCUT2D eigenvalue weighted by molar-refractivity contribution is 6.32. The summed E-state index contributed by atoms with van der Waals surface area (Å²) in [6, 6.07) is 18.5. The number of carbonyl (C=O) groups is 2. The van der Waals surface area contributed by atoms with Gasteiger partial charge in [0, 0.05) is 30.7 Å². The lowest BCUT2D eigenvalue weighted by atomic mass is 9.87. The van der Waals surface area contributed by atoms with E-state index in [1.807, 2.05) is 24.1 Å². The molecule has 0 bridgehead atoms. The average molecular weight is 508 g/mol. The smallest absolute Gasteiger partial charge is 0.493 e. The van der Waals surface area contributed by atoms with Crippen LogP contribution in [0.1, 0.15) is 58.5 Å². The lowest BCUT2D eigenvalue weighted by Crippen LogP contribution is -2.33. The van der Waals surface area contributed by atoms with Crippen LogP contribution < -0.4 is 9.47 Å². The first-order valence-electron chi connectivity index (χ1n) is 11.9. The van der Waals surface area contributed by atoms with Gasteiger partial charge in [0.1, 0.15) is 23.4 Å². The largest absolute Gasteiger partial charge is 0.506 e. The molecule has 1 amide bonds. The molecule has 2 aliphatic rings. The molecule has 0 saturated heterocycles. The molecular weight excluding hydrogens is 482 g/mol. The number of rotatable bonds is 5. The Hall–Kier alpha value is -3.71. The number of hydrogen-bond acceptors (Lipinski definition) is 5. The first-order chi connectivity index (χ1) is 17.4. The van der Waals surface area contributed by atoms with Gasteiger partial charge in [-0.15, -0.1) is 0 Å². The summed E-state index contributed by atoms with van der Waals surface area (Å²) in [7, 11) is 1.85. The second-order valence-electron chi connectivity index (χ2n) is 8.98. The molecule has 36 heavy (non-hydrogen) atoms. The Morgan fingerprint density at radius 2 is 1.83 bits per heavy atom. The third-order valence-electron chi connectivity index (χ3n) is 6.75. The molecule has 1 aliphatic heterocycles. The first-order valence-corrected chi connectivity index (χ1v) is 12.3. The van der Waals surface area contributed by atoms with Crippen molar-refractivity contribution in [3.63, 3.8) is 0 Å². The number of carbonyl (C=O) groups excluding carboxylic acids is 1. The Kier molecular flexibility index (Phi) is 6.74. The number of halogens is 1. The van der Waals surface area contributed by atoms with Crippen molar-refractivity contribution in [1.29, 1.82) is 0 Å². The van der Waals surface area contributed by atoms with Gasteiger partial charge >= 0.3 is 6.16 Å². The topological polar surface area (TPSA) is 85.3 Å². The van der Waals surface area contributed by atoms with Gasteiger partial charge in [-0.25, -0.2) is 4.79 Å². The number of hydrogen-bond donors (Lipinski definition) is 1. The molecule has 2 unspecified atom stereocenters. The number of amides is 1. The predicted octanol–water partition coefficient (Wildman–Crippen LogP) is 6.80. The standard InChI is InChI=1S/C28H26ClNO6/c1-30(23-8-4-6-17-5-2-3-7-20(17)23)27(31)18-9-11-19(12-10-18)35-26-16-25-21(15-22(26)29)24(13-14-34-25)36-28(32)33/h2-3,5,7,9-12,15-16,23-24H,4,6,8,13-14H2,1H3,(H,32,33). The third-order valence-corrected chi connectivity index (χ3v) is 7.04. The number of nitrogens with zero attached hydrogens (tertiary/aromatic N) is 1. The van der Waals surface area contributed by atoms with Crippen molar-refractivity contribution in [3.05, 3.63) is 87.9 Å². The van der Waals surface area contributed by atoms with Crippen LogP contribution >= 0.6 is 11.6 Å². The molecule has 1 heterocycles. The highest BCUT2D eigenvalue weighted by Gasteiger charge is 2.28. The van der Waals surface area contributed by atoms with Crippen molar-refractivity contribution in [2.45, 2.75) is 37.8 Å². The molecule has 1 aliphatic carbocycles. The lowest BCUT2D eigenvalue weighted by Gasteiger charge is -2.33. The van der Waals surface area contributed by atoms with E-state index in [0.717, 1.165) is 19.3 Å². The fourth-order valence-electron chi connectivity index (χ4n) is 4.95. The summed E-state index contributed by atoms with van der Waals surface area (Å²) < 4.78 is 16.6. The minimum atomic E-state index is -1.35. The monoisotopic (exact) mass is 507 g/mol. The predicted molar refractivity (Wildman–Crippen MR) is 134 cm³/mol. The lowest BCUT2D eigenvalue weighted by molar-refractivity contribution is 0.0326. The Morgan fingerprint density at radius 1 is 1.06 bits per heavy atom. The zero-order valence-corrected chi connectivity index (χ0v) is 20.5. The highest BCUT2D eigenvalue weighted by Crippen LogP contribution is 2.42. The minimum Gasteiger partial charge on any atom is -0.493 e. The molecule has 0 fully saturated rings. The first kappa shape index (κ1) is 24.0. The van der Waals surface area contributed by atoms with Crippen molar-refractivity contribution in [2.24, 2.45) is 0 Å². The van der Waals surface area contributed by atoms with E-state index < -0.39 is 12.3 Å². The quantitative estimate of drug-likeness (QED) is 0.382. The van der Waals surface area contributed by atoms with Gasteiger partial charge in [-0.1, -0.05) is 35.9 Å². The maximum atomic E-state index is 13.2. The summed E-state index contributed by atoms with van der Waals surface area (Å²) in [6.07, 6.45) is 1.46. The molecule has 3 aromatic carbocycles. The minimum absolute atomic E-state index is 0.0482. The Labute approximate surface area is 214 Å². The van der Waals surface area contributed by atoms with E-state index in [0.29, 0.717) is 46.4 Å². The fraction of sp³-hybridized carbons (Fsp3) is 0.286. The van der Waals surface area contributed by atoms with Crippen molar-refractivity contribution in [1.82, 2.24) is 4.90 Å². The summed E-state index contributed by atoms with van der Waals surface area (Å²) in [5.74, 6) is 1.29. The van der Waals surface area contributed by atoms with E-state index in [-0.39, 0.29) is 11.9 Å². The molecule has 7 nitrogen and oxygen atoms in total. The van der Waals surface area contributed by atoms with Crippen LogP contribution in [-0.4, -0.2) is 35.7 Å².